The first-order valence-electron chi connectivity index (χ1n) is 7.42. The first-order chi connectivity index (χ1) is 11.3. The fourth-order valence-corrected chi connectivity index (χ4v) is 2.86. The number of thioether (sulfide) groups is 1. The van der Waals surface area contributed by atoms with E-state index in [9.17, 15) is 4.79 Å². The minimum Gasteiger partial charge on any atom is -0.342 e. The van der Waals surface area contributed by atoms with Gasteiger partial charge in [-0.25, -0.2) is 4.98 Å². The van der Waals surface area contributed by atoms with E-state index in [-0.39, 0.29) is 11.9 Å². The number of nitrogens with zero attached hydrogens (tertiary/aromatic N) is 2. The Labute approximate surface area is 138 Å². The highest BCUT2D eigenvalue weighted by molar-refractivity contribution is 7.98. The number of carbonyl (C=O) groups excluding carboxylic acids is 1. The van der Waals surface area contributed by atoms with E-state index in [1.165, 1.54) is 0 Å². The molecule has 0 spiro atoms. The van der Waals surface area contributed by atoms with Gasteiger partial charge in [-0.05, 0) is 42.7 Å². The van der Waals surface area contributed by atoms with Gasteiger partial charge in [-0.1, -0.05) is 12.1 Å². The zero-order valence-electron chi connectivity index (χ0n) is 12.8. The second kappa shape index (κ2) is 7.28. The van der Waals surface area contributed by atoms with E-state index in [2.05, 4.69) is 26.5 Å². The maximum atomic E-state index is 12.4. The van der Waals surface area contributed by atoms with Gasteiger partial charge in [-0.15, -0.1) is 0 Å². The van der Waals surface area contributed by atoms with Gasteiger partial charge in [0, 0.05) is 12.4 Å². The third kappa shape index (κ3) is 3.71. The molecule has 1 aromatic carbocycles. The lowest BCUT2D eigenvalue weighted by Gasteiger charge is -2.16. The molecule has 0 saturated carbocycles. The molecule has 2 heterocycles. The first-order valence-corrected chi connectivity index (χ1v) is 8.82. The molecular weight excluding hydrogens is 308 g/mol. The Bertz CT molecular complexity index is 754. The van der Waals surface area contributed by atoms with Crippen LogP contribution in [0.25, 0.3) is 11.0 Å². The standard InChI is InChI=1S/C17H18N4OS/c1-23-10-8-15(21-17(22)12-5-4-9-18-11-12)16-19-13-6-2-3-7-14(13)20-16/h2-7,9,11,15H,8,10H2,1H3,(H,19,20)(H,21,22)/t15-/m0/s1. The number of benzene rings is 1. The second-order valence-electron chi connectivity index (χ2n) is 5.19. The molecule has 0 fully saturated rings. The maximum absolute atomic E-state index is 12.4. The average molecular weight is 326 g/mol. The van der Waals surface area contributed by atoms with Gasteiger partial charge in [0.15, 0.2) is 0 Å². The number of imidazole rings is 1. The van der Waals surface area contributed by atoms with Crippen molar-refractivity contribution in [3.63, 3.8) is 0 Å². The Kier molecular flexibility index (Phi) is 4.92. The first kappa shape index (κ1) is 15.6. The summed E-state index contributed by atoms with van der Waals surface area (Å²) < 4.78 is 0. The number of H-pyrrole nitrogens is 1. The monoisotopic (exact) mass is 326 g/mol. The van der Waals surface area contributed by atoms with Crippen LogP contribution < -0.4 is 5.32 Å². The summed E-state index contributed by atoms with van der Waals surface area (Å²) in [6.07, 6.45) is 6.09. The van der Waals surface area contributed by atoms with Crippen molar-refractivity contribution in [3.8, 4) is 0 Å². The number of nitrogens with one attached hydrogen (secondary N) is 2. The van der Waals surface area contributed by atoms with Crippen LogP contribution in [0.3, 0.4) is 0 Å². The number of amides is 1. The van der Waals surface area contributed by atoms with Crippen molar-refractivity contribution in [2.75, 3.05) is 12.0 Å². The lowest BCUT2D eigenvalue weighted by molar-refractivity contribution is 0.0934. The van der Waals surface area contributed by atoms with Crippen LogP contribution in [0.15, 0.2) is 48.8 Å². The van der Waals surface area contributed by atoms with Crippen molar-refractivity contribution in [1.82, 2.24) is 20.3 Å². The highest BCUT2D eigenvalue weighted by Gasteiger charge is 2.19. The van der Waals surface area contributed by atoms with Gasteiger partial charge in [0.05, 0.1) is 22.6 Å². The molecule has 5 nitrogen and oxygen atoms in total. The topological polar surface area (TPSA) is 70.7 Å². The lowest BCUT2D eigenvalue weighted by Crippen LogP contribution is -2.29. The molecule has 0 unspecified atom stereocenters. The molecule has 6 heteroatoms. The third-order valence-electron chi connectivity index (χ3n) is 3.58. The predicted octanol–water partition coefficient (Wildman–Crippen LogP) is 3.18. The van der Waals surface area contributed by atoms with Crippen molar-refractivity contribution in [2.45, 2.75) is 12.5 Å². The van der Waals surface area contributed by atoms with Crippen molar-refractivity contribution >= 4 is 28.7 Å². The largest absolute Gasteiger partial charge is 0.342 e. The van der Waals surface area contributed by atoms with Crippen molar-refractivity contribution in [1.29, 1.82) is 0 Å². The summed E-state index contributed by atoms with van der Waals surface area (Å²) in [4.78, 5) is 24.3. The smallest absolute Gasteiger partial charge is 0.253 e. The quantitative estimate of drug-likeness (QED) is 0.730. The Balaban J connectivity index is 1.83. The molecular formula is C17H18N4OS. The molecule has 0 saturated heterocycles. The molecule has 1 amide bonds. The van der Waals surface area contributed by atoms with E-state index in [1.54, 1.807) is 36.3 Å². The molecule has 0 radical (unpaired) electrons. The lowest BCUT2D eigenvalue weighted by atomic mass is 10.2. The van der Waals surface area contributed by atoms with Crippen LogP contribution in [0, 0.1) is 0 Å². The molecule has 118 valence electrons. The SMILES string of the molecule is CSCC[C@H](NC(=O)c1cccnc1)c1nc2ccccc2[nH]1. The van der Waals surface area contributed by atoms with E-state index in [1.807, 2.05) is 24.3 Å². The van der Waals surface area contributed by atoms with Gasteiger partial charge in [0.25, 0.3) is 5.91 Å². The van der Waals surface area contributed by atoms with Crippen LogP contribution in [0.5, 0.6) is 0 Å². The van der Waals surface area contributed by atoms with Gasteiger partial charge in [-0.3, -0.25) is 9.78 Å². The van der Waals surface area contributed by atoms with Crippen molar-refractivity contribution < 1.29 is 4.79 Å². The van der Waals surface area contributed by atoms with Gasteiger partial charge in [0.1, 0.15) is 5.82 Å². The Morgan fingerprint density at radius 1 is 1.30 bits per heavy atom. The summed E-state index contributed by atoms with van der Waals surface area (Å²) in [6, 6.07) is 11.2. The summed E-state index contributed by atoms with van der Waals surface area (Å²) in [5.41, 5.74) is 2.44. The summed E-state index contributed by atoms with van der Waals surface area (Å²) >= 11 is 1.75. The number of pyridine rings is 1. The molecule has 0 aliphatic rings. The molecule has 1 atom stereocenters. The molecule has 23 heavy (non-hydrogen) atoms. The second-order valence-corrected chi connectivity index (χ2v) is 6.17. The van der Waals surface area contributed by atoms with Crippen LogP contribution in [0.4, 0.5) is 0 Å². The number of carbonyl (C=O) groups is 1. The van der Waals surface area contributed by atoms with Crippen LogP contribution in [0.2, 0.25) is 0 Å². The number of aromatic nitrogens is 3. The van der Waals surface area contributed by atoms with E-state index >= 15 is 0 Å². The maximum Gasteiger partial charge on any atom is 0.253 e. The molecule has 2 aromatic heterocycles. The van der Waals surface area contributed by atoms with Gasteiger partial charge < -0.3 is 10.3 Å². The number of hydrogen-bond donors (Lipinski definition) is 2. The molecule has 3 aromatic rings. The zero-order valence-corrected chi connectivity index (χ0v) is 13.6. The van der Waals surface area contributed by atoms with Crippen molar-refractivity contribution in [3.05, 3.63) is 60.2 Å². The Hall–Kier alpha value is -2.34. The summed E-state index contributed by atoms with van der Waals surface area (Å²) in [5, 5.41) is 3.06. The van der Waals surface area contributed by atoms with Crippen LogP contribution >= 0.6 is 11.8 Å². The number of para-hydroxylation sites is 2. The minimum atomic E-state index is -0.150. The molecule has 2 N–H and O–H groups in total. The van der Waals surface area contributed by atoms with Gasteiger partial charge in [0.2, 0.25) is 0 Å². The predicted molar refractivity (Wildman–Crippen MR) is 93.5 cm³/mol. The summed E-state index contributed by atoms with van der Waals surface area (Å²) in [6.45, 7) is 0. The van der Waals surface area contributed by atoms with E-state index < -0.39 is 0 Å². The number of aromatic amines is 1. The molecule has 0 bridgehead atoms. The van der Waals surface area contributed by atoms with Crippen LogP contribution in [0.1, 0.15) is 28.6 Å². The van der Waals surface area contributed by atoms with E-state index in [0.717, 1.165) is 29.0 Å². The Morgan fingerprint density at radius 2 is 2.17 bits per heavy atom. The summed E-state index contributed by atoms with van der Waals surface area (Å²) in [7, 11) is 0. The van der Waals surface area contributed by atoms with Gasteiger partial charge in [-0.2, -0.15) is 11.8 Å². The van der Waals surface area contributed by atoms with Crippen molar-refractivity contribution in [2.24, 2.45) is 0 Å². The Morgan fingerprint density at radius 3 is 2.91 bits per heavy atom. The highest BCUT2D eigenvalue weighted by atomic mass is 32.2. The van der Waals surface area contributed by atoms with E-state index in [0.29, 0.717) is 5.56 Å². The number of hydrogen-bond acceptors (Lipinski definition) is 4. The fraction of sp³-hybridized carbons (Fsp3) is 0.235. The zero-order chi connectivity index (χ0) is 16.1. The third-order valence-corrected chi connectivity index (χ3v) is 4.22. The molecule has 3 rings (SSSR count). The fourth-order valence-electron chi connectivity index (χ4n) is 2.39. The van der Waals surface area contributed by atoms with Crippen LogP contribution in [-0.2, 0) is 0 Å². The number of rotatable bonds is 6. The molecule has 0 aliphatic heterocycles. The average Bonchev–Trinajstić information content (AvgIpc) is 3.03. The normalized spacial score (nSPS) is 12.2. The number of fused-ring (bicyclic) bond motifs is 1. The van der Waals surface area contributed by atoms with Gasteiger partial charge >= 0.3 is 0 Å². The summed E-state index contributed by atoms with van der Waals surface area (Å²) in [5.74, 6) is 1.59. The minimum absolute atomic E-state index is 0.135. The highest BCUT2D eigenvalue weighted by Crippen LogP contribution is 2.20. The van der Waals surface area contributed by atoms with Crippen LogP contribution in [-0.4, -0.2) is 32.9 Å². The molecule has 0 aliphatic carbocycles. The van der Waals surface area contributed by atoms with E-state index in [4.69, 9.17) is 0 Å².